The van der Waals surface area contributed by atoms with Crippen molar-refractivity contribution >= 4 is 17.3 Å². The maximum absolute atomic E-state index is 5.76. The monoisotopic (exact) mass is 222 g/mol. The summed E-state index contributed by atoms with van der Waals surface area (Å²) >= 11 is 5.76. The summed E-state index contributed by atoms with van der Waals surface area (Å²) in [6.45, 7) is 2.57. The van der Waals surface area contributed by atoms with Gasteiger partial charge in [-0.05, 0) is 31.2 Å². The first kappa shape index (κ1) is 10.1. The third-order valence-corrected chi connectivity index (χ3v) is 2.20. The summed E-state index contributed by atoms with van der Waals surface area (Å²) < 4.78 is 5.42. The van der Waals surface area contributed by atoms with Gasteiger partial charge in [0.05, 0.1) is 6.54 Å². The first-order valence-electron chi connectivity index (χ1n) is 4.65. The van der Waals surface area contributed by atoms with Crippen molar-refractivity contribution in [3.63, 3.8) is 0 Å². The van der Waals surface area contributed by atoms with Crippen LogP contribution in [0.3, 0.4) is 0 Å². The van der Waals surface area contributed by atoms with E-state index in [4.69, 9.17) is 16.0 Å². The van der Waals surface area contributed by atoms with Gasteiger partial charge in [0.1, 0.15) is 16.7 Å². The maximum Gasteiger partial charge on any atom is 0.131 e. The molecule has 2 heterocycles. The van der Waals surface area contributed by atoms with Crippen LogP contribution in [0.1, 0.15) is 11.5 Å². The number of hydrogen-bond acceptors (Lipinski definition) is 3. The van der Waals surface area contributed by atoms with Crippen LogP contribution < -0.4 is 5.32 Å². The van der Waals surface area contributed by atoms with Gasteiger partial charge in [0.25, 0.3) is 0 Å². The summed E-state index contributed by atoms with van der Waals surface area (Å²) in [6, 6.07) is 7.53. The van der Waals surface area contributed by atoms with Crippen molar-refractivity contribution in [1.82, 2.24) is 4.98 Å². The first-order chi connectivity index (χ1) is 7.24. The summed E-state index contributed by atoms with van der Waals surface area (Å²) in [5.41, 5.74) is 0.934. The van der Waals surface area contributed by atoms with Crippen molar-refractivity contribution < 1.29 is 4.42 Å². The highest BCUT2D eigenvalue weighted by Gasteiger charge is 1.99. The SMILES string of the molecule is Cc1ccc(CNc2ccnc(Cl)c2)o1. The Morgan fingerprint density at radius 2 is 2.27 bits per heavy atom. The lowest BCUT2D eigenvalue weighted by Gasteiger charge is -2.03. The number of pyridine rings is 1. The molecule has 1 N–H and O–H groups in total. The fraction of sp³-hybridized carbons (Fsp3) is 0.182. The molecule has 0 saturated heterocycles. The van der Waals surface area contributed by atoms with E-state index in [2.05, 4.69) is 10.3 Å². The Kier molecular flexibility index (Phi) is 2.92. The third kappa shape index (κ3) is 2.73. The Morgan fingerprint density at radius 3 is 2.93 bits per heavy atom. The van der Waals surface area contributed by atoms with Crippen LogP contribution >= 0.6 is 11.6 Å². The average Bonchev–Trinajstić information content (AvgIpc) is 2.62. The molecule has 0 aliphatic carbocycles. The predicted molar refractivity (Wildman–Crippen MR) is 60.0 cm³/mol. The minimum Gasteiger partial charge on any atom is -0.465 e. The van der Waals surface area contributed by atoms with Crippen LogP contribution in [0.4, 0.5) is 5.69 Å². The lowest BCUT2D eigenvalue weighted by atomic mass is 10.4. The fourth-order valence-electron chi connectivity index (χ4n) is 1.28. The number of nitrogens with one attached hydrogen (secondary N) is 1. The molecule has 0 aliphatic rings. The van der Waals surface area contributed by atoms with Gasteiger partial charge in [-0.2, -0.15) is 0 Å². The molecule has 0 bridgehead atoms. The lowest BCUT2D eigenvalue weighted by Crippen LogP contribution is -1.97. The van der Waals surface area contributed by atoms with E-state index in [1.165, 1.54) is 0 Å². The van der Waals surface area contributed by atoms with Gasteiger partial charge in [-0.25, -0.2) is 4.98 Å². The fourth-order valence-corrected chi connectivity index (χ4v) is 1.46. The number of anilines is 1. The van der Waals surface area contributed by atoms with Crippen LogP contribution in [0.15, 0.2) is 34.9 Å². The molecular weight excluding hydrogens is 212 g/mol. The normalized spacial score (nSPS) is 10.3. The Morgan fingerprint density at radius 1 is 1.40 bits per heavy atom. The number of hydrogen-bond donors (Lipinski definition) is 1. The van der Waals surface area contributed by atoms with Crippen molar-refractivity contribution in [3.8, 4) is 0 Å². The smallest absolute Gasteiger partial charge is 0.131 e. The summed E-state index contributed by atoms with van der Waals surface area (Å²) in [6.07, 6.45) is 1.66. The van der Waals surface area contributed by atoms with Crippen molar-refractivity contribution in [1.29, 1.82) is 0 Å². The van der Waals surface area contributed by atoms with E-state index in [-0.39, 0.29) is 0 Å². The second-order valence-corrected chi connectivity index (χ2v) is 3.62. The van der Waals surface area contributed by atoms with E-state index in [1.54, 1.807) is 12.3 Å². The van der Waals surface area contributed by atoms with Gasteiger partial charge in [0.15, 0.2) is 0 Å². The summed E-state index contributed by atoms with van der Waals surface area (Å²) in [4.78, 5) is 3.90. The molecular formula is C11H11ClN2O. The molecule has 2 aromatic heterocycles. The third-order valence-electron chi connectivity index (χ3n) is 1.99. The number of aromatic nitrogens is 1. The minimum atomic E-state index is 0.482. The second kappa shape index (κ2) is 4.36. The number of rotatable bonds is 3. The summed E-state index contributed by atoms with van der Waals surface area (Å²) in [7, 11) is 0. The van der Waals surface area contributed by atoms with Gasteiger partial charge >= 0.3 is 0 Å². The van der Waals surface area contributed by atoms with Crippen LogP contribution in [-0.4, -0.2) is 4.98 Å². The van der Waals surface area contributed by atoms with E-state index >= 15 is 0 Å². The van der Waals surface area contributed by atoms with Crippen molar-refractivity contribution in [2.24, 2.45) is 0 Å². The summed E-state index contributed by atoms with van der Waals surface area (Å²) in [5, 5.41) is 3.68. The topological polar surface area (TPSA) is 38.1 Å². The molecule has 0 aliphatic heterocycles. The Hall–Kier alpha value is -1.48. The van der Waals surface area contributed by atoms with Gasteiger partial charge in [-0.3, -0.25) is 0 Å². The Bertz CT molecular complexity index is 453. The number of furan rings is 1. The van der Waals surface area contributed by atoms with Crippen LogP contribution in [0, 0.1) is 6.92 Å². The van der Waals surface area contributed by atoms with E-state index in [0.717, 1.165) is 17.2 Å². The largest absolute Gasteiger partial charge is 0.465 e. The zero-order valence-electron chi connectivity index (χ0n) is 8.33. The number of halogens is 1. The highest BCUT2D eigenvalue weighted by Crippen LogP contribution is 2.14. The van der Waals surface area contributed by atoms with Gasteiger partial charge < -0.3 is 9.73 Å². The number of nitrogens with zero attached hydrogens (tertiary/aromatic N) is 1. The van der Waals surface area contributed by atoms with E-state index < -0.39 is 0 Å². The standard InChI is InChI=1S/C11H11ClN2O/c1-8-2-3-10(15-8)7-14-9-4-5-13-11(12)6-9/h2-6H,7H2,1H3,(H,13,14). The van der Waals surface area contributed by atoms with Crippen LogP contribution in [0.25, 0.3) is 0 Å². The molecule has 0 amide bonds. The molecule has 2 aromatic rings. The molecule has 0 spiro atoms. The molecule has 3 nitrogen and oxygen atoms in total. The zero-order chi connectivity index (χ0) is 10.7. The van der Waals surface area contributed by atoms with Crippen molar-refractivity contribution in [2.75, 3.05) is 5.32 Å². The molecule has 0 aromatic carbocycles. The van der Waals surface area contributed by atoms with Gasteiger partial charge in [0, 0.05) is 11.9 Å². The molecule has 0 atom stereocenters. The van der Waals surface area contributed by atoms with E-state index in [1.807, 2.05) is 25.1 Å². The highest BCUT2D eigenvalue weighted by atomic mass is 35.5. The minimum absolute atomic E-state index is 0.482. The van der Waals surface area contributed by atoms with Gasteiger partial charge in [0.2, 0.25) is 0 Å². The number of aryl methyl sites for hydroxylation is 1. The Labute approximate surface area is 93.1 Å². The lowest BCUT2D eigenvalue weighted by molar-refractivity contribution is 0.490. The molecule has 0 fully saturated rings. The van der Waals surface area contributed by atoms with Crippen molar-refractivity contribution in [2.45, 2.75) is 13.5 Å². The van der Waals surface area contributed by atoms with Crippen LogP contribution in [0.2, 0.25) is 5.15 Å². The molecule has 0 radical (unpaired) electrons. The van der Waals surface area contributed by atoms with Gasteiger partial charge in [-0.1, -0.05) is 11.6 Å². The maximum atomic E-state index is 5.76. The quantitative estimate of drug-likeness (QED) is 0.811. The van der Waals surface area contributed by atoms with Crippen LogP contribution in [0.5, 0.6) is 0 Å². The van der Waals surface area contributed by atoms with Crippen molar-refractivity contribution in [3.05, 3.63) is 47.1 Å². The predicted octanol–water partition coefficient (Wildman–Crippen LogP) is 3.25. The molecule has 0 saturated carbocycles. The van der Waals surface area contributed by atoms with Gasteiger partial charge in [-0.15, -0.1) is 0 Å². The molecule has 78 valence electrons. The van der Waals surface area contributed by atoms with E-state index in [0.29, 0.717) is 11.7 Å². The Balaban J connectivity index is 1.99. The molecule has 0 unspecified atom stereocenters. The first-order valence-corrected chi connectivity index (χ1v) is 5.02. The molecule has 15 heavy (non-hydrogen) atoms. The summed E-state index contributed by atoms with van der Waals surface area (Å²) in [5.74, 6) is 1.82. The zero-order valence-corrected chi connectivity index (χ0v) is 9.08. The molecule has 2 rings (SSSR count). The second-order valence-electron chi connectivity index (χ2n) is 3.23. The van der Waals surface area contributed by atoms with Crippen LogP contribution in [-0.2, 0) is 6.54 Å². The average molecular weight is 223 g/mol. The highest BCUT2D eigenvalue weighted by molar-refractivity contribution is 6.29. The molecule has 4 heteroatoms. The van der Waals surface area contributed by atoms with E-state index in [9.17, 15) is 0 Å².